The van der Waals surface area contributed by atoms with Crippen molar-refractivity contribution in [2.24, 2.45) is 0 Å². The Morgan fingerprint density at radius 3 is 2.47 bits per heavy atom. The molecule has 1 aliphatic rings. The van der Waals surface area contributed by atoms with Crippen LogP contribution in [0.25, 0.3) is 0 Å². The zero-order valence-electron chi connectivity index (χ0n) is 11.7. The van der Waals surface area contributed by atoms with Gasteiger partial charge in [-0.2, -0.15) is 0 Å². The van der Waals surface area contributed by atoms with Crippen molar-refractivity contribution in [3.63, 3.8) is 0 Å². The van der Waals surface area contributed by atoms with Crippen molar-refractivity contribution in [1.82, 2.24) is 10.6 Å². The van der Waals surface area contributed by atoms with Crippen LogP contribution in [0.3, 0.4) is 0 Å². The molecule has 104 valence electrons. The first-order chi connectivity index (χ1) is 9.29. The summed E-state index contributed by atoms with van der Waals surface area (Å²) in [5.74, 6) is 0.203. The number of benzene rings is 1. The van der Waals surface area contributed by atoms with Crippen LogP contribution in [-0.4, -0.2) is 25.5 Å². The number of hydrogen-bond acceptors (Lipinski definition) is 2. The van der Waals surface area contributed by atoms with Crippen molar-refractivity contribution < 1.29 is 4.79 Å². The van der Waals surface area contributed by atoms with Gasteiger partial charge in [0.2, 0.25) is 5.91 Å². The van der Waals surface area contributed by atoms with Gasteiger partial charge in [-0.3, -0.25) is 4.79 Å². The number of likely N-dealkylation sites (N-methyl/N-ethyl adjacent to an activating group) is 1. The summed E-state index contributed by atoms with van der Waals surface area (Å²) in [6, 6.07) is 10.3. The highest BCUT2D eigenvalue weighted by Gasteiger charge is 2.42. The second kappa shape index (κ2) is 6.71. The number of nitrogens with one attached hydrogen (secondary N) is 2. The normalized spacial score (nSPS) is 17.3. The quantitative estimate of drug-likeness (QED) is 0.770. The monoisotopic (exact) mass is 260 g/mol. The Morgan fingerprint density at radius 1 is 1.16 bits per heavy atom. The highest BCUT2D eigenvalue weighted by molar-refractivity contribution is 5.88. The van der Waals surface area contributed by atoms with Crippen LogP contribution in [0.1, 0.15) is 38.2 Å². The van der Waals surface area contributed by atoms with Crippen LogP contribution in [0.2, 0.25) is 0 Å². The third-order valence-corrected chi connectivity index (χ3v) is 4.06. The van der Waals surface area contributed by atoms with Gasteiger partial charge in [-0.25, -0.2) is 0 Å². The largest absolute Gasteiger partial charge is 0.354 e. The molecule has 19 heavy (non-hydrogen) atoms. The molecule has 1 amide bonds. The number of rotatable bonds is 6. The Morgan fingerprint density at radius 2 is 1.84 bits per heavy atom. The van der Waals surface area contributed by atoms with Crippen LogP contribution in [0.15, 0.2) is 30.3 Å². The van der Waals surface area contributed by atoms with Gasteiger partial charge in [-0.15, -0.1) is 0 Å². The molecule has 0 atom stereocenters. The summed E-state index contributed by atoms with van der Waals surface area (Å²) in [4.78, 5) is 12.6. The topological polar surface area (TPSA) is 41.1 Å². The molecule has 1 saturated carbocycles. The van der Waals surface area contributed by atoms with Crippen LogP contribution in [0, 0.1) is 0 Å². The van der Waals surface area contributed by atoms with Gasteiger partial charge in [0.1, 0.15) is 0 Å². The minimum absolute atomic E-state index is 0.203. The first-order valence-corrected chi connectivity index (χ1v) is 7.34. The standard InChI is InChI=1S/C16H24N2O/c1-2-17-12-13-18-15(19)16(10-6-7-11-16)14-8-4-3-5-9-14/h3-5,8-9,17H,2,6-7,10-13H2,1H3,(H,18,19). The maximum absolute atomic E-state index is 12.6. The van der Waals surface area contributed by atoms with Crippen molar-refractivity contribution in [3.05, 3.63) is 35.9 Å². The fraction of sp³-hybridized carbons (Fsp3) is 0.562. The summed E-state index contributed by atoms with van der Waals surface area (Å²) in [6.07, 6.45) is 4.25. The van der Waals surface area contributed by atoms with Crippen molar-refractivity contribution >= 4 is 5.91 Å². The maximum atomic E-state index is 12.6. The van der Waals surface area contributed by atoms with Gasteiger partial charge in [0.05, 0.1) is 5.41 Å². The van der Waals surface area contributed by atoms with Gasteiger partial charge in [-0.05, 0) is 24.9 Å². The number of hydrogen-bond donors (Lipinski definition) is 2. The lowest BCUT2D eigenvalue weighted by Gasteiger charge is -2.28. The first kappa shape index (κ1) is 14.1. The Kier molecular flexibility index (Phi) is 4.97. The van der Waals surface area contributed by atoms with E-state index in [0.717, 1.165) is 38.8 Å². The van der Waals surface area contributed by atoms with Crippen LogP contribution < -0.4 is 10.6 Å². The smallest absolute Gasteiger partial charge is 0.230 e. The van der Waals surface area contributed by atoms with E-state index in [1.165, 1.54) is 5.56 Å². The van der Waals surface area contributed by atoms with Gasteiger partial charge in [-0.1, -0.05) is 50.1 Å². The molecular formula is C16H24N2O. The third-order valence-electron chi connectivity index (χ3n) is 4.06. The molecule has 0 radical (unpaired) electrons. The predicted molar refractivity (Wildman–Crippen MR) is 78.1 cm³/mol. The average Bonchev–Trinajstić information content (AvgIpc) is 2.95. The van der Waals surface area contributed by atoms with E-state index in [4.69, 9.17) is 0 Å². The second-order valence-corrected chi connectivity index (χ2v) is 5.26. The van der Waals surface area contributed by atoms with Gasteiger partial charge in [0.25, 0.3) is 0 Å². The predicted octanol–water partition coefficient (Wildman–Crippen LogP) is 2.22. The Bertz CT molecular complexity index is 396. The lowest BCUT2D eigenvalue weighted by molar-refractivity contribution is -0.126. The number of carbonyl (C=O) groups is 1. The molecule has 3 nitrogen and oxygen atoms in total. The summed E-state index contributed by atoms with van der Waals surface area (Å²) in [5, 5.41) is 6.33. The molecule has 2 rings (SSSR count). The van der Waals surface area contributed by atoms with Gasteiger partial charge in [0, 0.05) is 13.1 Å². The molecule has 1 fully saturated rings. The van der Waals surface area contributed by atoms with E-state index in [9.17, 15) is 4.79 Å². The molecule has 0 heterocycles. The van der Waals surface area contributed by atoms with E-state index in [2.05, 4.69) is 29.7 Å². The lowest BCUT2D eigenvalue weighted by atomic mass is 9.78. The maximum Gasteiger partial charge on any atom is 0.230 e. The van der Waals surface area contributed by atoms with E-state index < -0.39 is 0 Å². The molecule has 3 heteroatoms. The van der Waals surface area contributed by atoms with E-state index in [1.807, 2.05) is 18.2 Å². The lowest BCUT2D eigenvalue weighted by Crippen LogP contribution is -2.44. The molecule has 0 unspecified atom stereocenters. The Labute approximate surface area is 115 Å². The molecule has 1 aromatic rings. The minimum Gasteiger partial charge on any atom is -0.354 e. The van der Waals surface area contributed by atoms with Gasteiger partial charge >= 0.3 is 0 Å². The zero-order valence-corrected chi connectivity index (χ0v) is 11.7. The minimum atomic E-state index is -0.284. The van der Waals surface area contributed by atoms with Crippen LogP contribution in [0.4, 0.5) is 0 Å². The number of amides is 1. The molecule has 0 saturated heterocycles. The summed E-state index contributed by atoms with van der Waals surface area (Å²) >= 11 is 0. The molecule has 1 aliphatic carbocycles. The molecule has 0 bridgehead atoms. The van der Waals surface area contributed by atoms with Gasteiger partial charge < -0.3 is 10.6 Å². The highest BCUT2D eigenvalue weighted by Crippen LogP contribution is 2.41. The van der Waals surface area contributed by atoms with Crippen molar-refractivity contribution in [2.75, 3.05) is 19.6 Å². The Hall–Kier alpha value is -1.35. The molecule has 0 aliphatic heterocycles. The molecular weight excluding hydrogens is 236 g/mol. The second-order valence-electron chi connectivity index (χ2n) is 5.26. The molecule has 0 spiro atoms. The van der Waals surface area contributed by atoms with Crippen LogP contribution in [-0.2, 0) is 10.2 Å². The van der Waals surface area contributed by atoms with Crippen molar-refractivity contribution in [1.29, 1.82) is 0 Å². The van der Waals surface area contributed by atoms with Crippen LogP contribution in [0.5, 0.6) is 0 Å². The van der Waals surface area contributed by atoms with Crippen LogP contribution >= 0.6 is 0 Å². The van der Waals surface area contributed by atoms with E-state index in [-0.39, 0.29) is 11.3 Å². The average molecular weight is 260 g/mol. The summed E-state index contributed by atoms with van der Waals surface area (Å²) in [5.41, 5.74) is 0.890. The van der Waals surface area contributed by atoms with E-state index in [1.54, 1.807) is 0 Å². The van der Waals surface area contributed by atoms with E-state index in [0.29, 0.717) is 6.54 Å². The summed E-state index contributed by atoms with van der Waals surface area (Å²) in [7, 11) is 0. The first-order valence-electron chi connectivity index (χ1n) is 7.34. The Balaban J connectivity index is 2.05. The molecule has 1 aromatic carbocycles. The molecule has 0 aromatic heterocycles. The van der Waals surface area contributed by atoms with Gasteiger partial charge in [0.15, 0.2) is 0 Å². The van der Waals surface area contributed by atoms with Crippen molar-refractivity contribution in [2.45, 2.75) is 38.0 Å². The number of carbonyl (C=O) groups excluding carboxylic acids is 1. The molecule has 2 N–H and O–H groups in total. The fourth-order valence-electron chi connectivity index (χ4n) is 2.99. The summed E-state index contributed by atoms with van der Waals surface area (Å²) in [6.45, 7) is 4.57. The SMILES string of the molecule is CCNCCNC(=O)C1(c2ccccc2)CCCC1. The van der Waals surface area contributed by atoms with Crippen molar-refractivity contribution in [3.8, 4) is 0 Å². The highest BCUT2D eigenvalue weighted by atomic mass is 16.2. The fourth-order valence-corrected chi connectivity index (χ4v) is 2.99. The summed E-state index contributed by atoms with van der Waals surface area (Å²) < 4.78 is 0. The third kappa shape index (κ3) is 3.16. The van der Waals surface area contributed by atoms with E-state index >= 15 is 0 Å². The zero-order chi connectivity index (χ0) is 13.6.